The molecule has 0 atom stereocenters. The number of nitro groups is 1. The Morgan fingerprint density at radius 1 is 1.30 bits per heavy atom. The zero-order chi connectivity index (χ0) is 16.8. The highest BCUT2D eigenvalue weighted by Gasteiger charge is 2.22. The van der Waals surface area contributed by atoms with E-state index in [1.807, 2.05) is 0 Å². The van der Waals surface area contributed by atoms with Gasteiger partial charge < -0.3 is 10.1 Å². The fraction of sp³-hybridized carbons (Fsp3) is 0.467. The standard InChI is InChI=1S/C15H17ClN2O5/c16-10-6-7-12(13(8-10)18(21)22)15(20)17-9-14(19)23-11-4-2-1-3-5-11/h6-8,11H,1-5,9H2,(H,17,20). The Bertz CT molecular complexity index is 614. The van der Waals surface area contributed by atoms with Gasteiger partial charge in [0.1, 0.15) is 18.2 Å². The molecule has 0 aliphatic heterocycles. The van der Waals surface area contributed by atoms with E-state index in [2.05, 4.69) is 5.32 Å². The molecular weight excluding hydrogens is 324 g/mol. The summed E-state index contributed by atoms with van der Waals surface area (Å²) in [5.41, 5.74) is -0.555. The predicted octanol–water partition coefficient (Wildman–Crippen LogP) is 2.85. The molecule has 1 saturated carbocycles. The molecule has 1 aromatic rings. The second-order valence-electron chi connectivity index (χ2n) is 5.35. The Morgan fingerprint density at radius 3 is 2.65 bits per heavy atom. The second-order valence-corrected chi connectivity index (χ2v) is 5.79. The van der Waals surface area contributed by atoms with Gasteiger partial charge in [0.25, 0.3) is 11.6 Å². The summed E-state index contributed by atoms with van der Waals surface area (Å²) in [5, 5.41) is 13.5. The van der Waals surface area contributed by atoms with Crippen LogP contribution < -0.4 is 5.32 Å². The van der Waals surface area contributed by atoms with Crippen LogP contribution in [0.3, 0.4) is 0 Å². The van der Waals surface area contributed by atoms with Crippen LogP contribution in [0.4, 0.5) is 5.69 Å². The molecule has 1 fully saturated rings. The molecule has 124 valence electrons. The summed E-state index contributed by atoms with van der Waals surface area (Å²) in [5.74, 6) is -1.25. The minimum Gasteiger partial charge on any atom is -0.461 e. The van der Waals surface area contributed by atoms with Gasteiger partial charge in [-0.3, -0.25) is 19.7 Å². The lowest BCUT2D eigenvalue weighted by Crippen LogP contribution is -2.33. The molecule has 1 aromatic carbocycles. The van der Waals surface area contributed by atoms with Crippen molar-refractivity contribution < 1.29 is 19.2 Å². The van der Waals surface area contributed by atoms with Crippen LogP contribution in [-0.4, -0.2) is 29.4 Å². The van der Waals surface area contributed by atoms with Crippen molar-refractivity contribution in [2.45, 2.75) is 38.2 Å². The topological polar surface area (TPSA) is 98.5 Å². The van der Waals surface area contributed by atoms with E-state index in [0.717, 1.165) is 38.2 Å². The van der Waals surface area contributed by atoms with Crippen LogP contribution in [-0.2, 0) is 9.53 Å². The zero-order valence-electron chi connectivity index (χ0n) is 12.4. The van der Waals surface area contributed by atoms with Crippen LogP contribution in [0.25, 0.3) is 0 Å². The van der Waals surface area contributed by atoms with Crippen LogP contribution in [0.5, 0.6) is 0 Å². The number of carbonyl (C=O) groups excluding carboxylic acids is 2. The number of ether oxygens (including phenoxy) is 1. The van der Waals surface area contributed by atoms with Crippen molar-refractivity contribution in [3.05, 3.63) is 38.9 Å². The normalized spacial score (nSPS) is 15.0. The minimum absolute atomic E-state index is 0.0991. The fourth-order valence-electron chi connectivity index (χ4n) is 2.51. The molecule has 0 spiro atoms. The number of nitro benzene ring substituents is 1. The van der Waals surface area contributed by atoms with Crippen molar-refractivity contribution in [1.82, 2.24) is 5.32 Å². The van der Waals surface area contributed by atoms with E-state index in [4.69, 9.17) is 16.3 Å². The Balaban J connectivity index is 1.91. The number of carbonyl (C=O) groups is 2. The summed E-state index contributed by atoms with van der Waals surface area (Å²) in [6, 6.07) is 3.73. The fourth-order valence-corrected chi connectivity index (χ4v) is 2.67. The van der Waals surface area contributed by atoms with E-state index in [0.29, 0.717) is 0 Å². The van der Waals surface area contributed by atoms with Crippen LogP contribution in [0.1, 0.15) is 42.5 Å². The summed E-state index contributed by atoms with van der Waals surface area (Å²) < 4.78 is 5.27. The Labute approximate surface area is 138 Å². The molecule has 2 rings (SSSR count). The Kier molecular flexibility index (Phi) is 5.92. The molecule has 0 saturated heterocycles. The summed E-state index contributed by atoms with van der Waals surface area (Å²) in [6.45, 7) is -0.324. The third-order valence-corrected chi connectivity index (χ3v) is 3.88. The van der Waals surface area contributed by atoms with E-state index in [-0.39, 0.29) is 23.2 Å². The Hall–Kier alpha value is -2.15. The third-order valence-electron chi connectivity index (χ3n) is 3.64. The molecule has 1 aliphatic rings. The quantitative estimate of drug-likeness (QED) is 0.505. The number of halogens is 1. The van der Waals surface area contributed by atoms with Gasteiger partial charge in [0, 0.05) is 11.1 Å². The van der Waals surface area contributed by atoms with E-state index < -0.39 is 22.5 Å². The highest BCUT2D eigenvalue weighted by Crippen LogP contribution is 2.23. The first-order chi connectivity index (χ1) is 11.0. The first kappa shape index (κ1) is 17.2. The smallest absolute Gasteiger partial charge is 0.325 e. The third kappa shape index (κ3) is 4.92. The van der Waals surface area contributed by atoms with E-state index >= 15 is 0 Å². The summed E-state index contributed by atoms with van der Waals surface area (Å²) in [4.78, 5) is 34.0. The monoisotopic (exact) mass is 340 g/mol. The highest BCUT2D eigenvalue weighted by molar-refractivity contribution is 6.31. The number of amides is 1. The number of hydrogen-bond donors (Lipinski definition) is 1. The van der Waals surface area contributed by atoms with Crippen LogP contribution in [0.2, 0.25) is 5.02 Å². The zero-order valence-corrected chi connectivity index (χ0v) is 13.2. The largest absolute Gasteiger partial charge is 0.461 e. The molecule has 0 unspecified atom stereocenters. The van der Waals surface area contributed by atoms with Gasteiger partial charge in [-0.15, -0.1) is 0 Å². The molecular formula is C15H17ClN2O5. The van der Waals surface area contributed by atoms with E-state index in [9.17, 15) is 19.7 Å². The molecule has 1 aliphatic carbocycles. The summed E-state index contributed by atoms with van der Waals surface area (Å²) in [6.07, 6.45) is 4.77. The maximum atomic E-state index is 12.0. The van der Waals surface area contributed by atoms with Gasteiger partial charge in [0.05, 0.1) is 4.92 Å². The predicted molar refractivity (Wildman–Crippen MR) is 83.4 cm³/mol. The molecule has 0 bridgehead atoms. The summed E-state index contributed by atoms with van der Waals surface area (Å²) >= 11 is 5.69. The van der Waals surface area contributed by atoms with Gasteiger partial charge in [-0.25, -0.2) is 0 Å². The molecule has 0 heterocycles. The maximum absolute atomic E-state index is 12.0. The number of esters is 1. The van der Waals surface area contributed by atoms with Gasteiger partial charge in [0.2, 0.25) is 0 Å². The lowest BCUT2D eigenvalue weighted by atomic mass is 9.98. The first-order valence-corrected chi connectivity index (χ1v) is 7.77. The highest BCUT2D eigenvalue weighted by atomic mass is 35.5. The SMILES string of the molecule is O=C(CNC(=O)c1ccc(Cl)cc1[N+](=O)[O-])OC1CCCCC1. The van der Waals surface area contributed by atoms with Crippen molar-refractivity contribution in [2.24, 2.45) is 0 Å². The summed E-state index contributed by atoms with van der Waals surface area (Å²) in [7, 11) is 0. The van der Waals surface area contributed by atoms with Crippen molar-refractivity contribution in [1.29, 1.82) is 0 Å². The molecule has 8 heteroatoms. The van der Waals surface area contributed by atoms with Gasteiger partial charge in [0.15, 0.2) is 0 Å². The lowest BCUT2D eigenvalue weighted by Gasteiger charge is -2.21. The number of rotatable bonds is 5. The van der Waals surface area contributed by atoms with Gasteiger partial charge in [-0.1, -0.05) is 18.0 Å². The lowest BCUT2D eigenvalue weighted by molar-refractivity contribution is -0.385. The van der Waals surface area contributed by atoms with Crippen molar-refractivity contribution in [3.63, 3.8) is 0 Å². The second kappa shape index (κ2) is 7.92. The van der Waals surface area contributed by atoms with E-state index in [1.54, 1.807) is 0 Å². The van der Waals surface area contributed by atoms with Crippen LogP contribution >= 0.6 is 11.6 Å². The number of hydrogen-bond acceptors (Lipinski definition) is 5. The molecule has 7 nitrogen and oxygen atoms in total. The first-order valence-electron chi connectivity index (χ1n) is 7.39. The average Bonchev–Trinajstić information content (AvgIpc) is 2.53. The van der Waals surface area contributed by atoms with Gasteiger partial charge in [-0.2, -0.15) is 0 Å². The molecule has 0 radical (unpaired) electrons. The van der Waals surface area contributed by atoms with Gasteiger partial charge >= 0.3 is 5.97 Å². The van der Waals surface area contributed by atoms with Crippen molar-refractivity contribution in [2.75, 3.05) is 6.54 Å². The molecule has 23 heavy (non-hydrogen) atoms. The molecule has 1 amide bonds. The van der Waals surface area contributed by atoms with Crippen LogP contribution in [0, 0.1) is 10.1 Å². The number of benzene rings is 1. The van der Waals surface area contributed by atoms with Crippen molar-refractivity contribution in [3.8, 4) is 0 Å². The van der Waals surface area contributed by atoms with Crippen molar-refractivity contribution >= 4 is 29.2 Å². The van der Waals surface area contributed by atoms with E-state index in [1.165, 1.54) is 12.1 Å². The molecule has 0 aromatic heterocycles. The molecule has 1 N–H and O–H groups in total. The number of nitrogens with one attached hydrogen (secondary N) is 1. The number of nitrogens with zero attached hydrogens (tertiary/aromatic N) is 1. The minimum atomic E-state index is -0.714. The van der Waals surface area contributed by atoms with Crippen LogP contribution in [0.15, 0.2) is 18.2 Å². The average molecular weight is 341 g/mol. The maximum Gasteiger partial charge on any atom is 0.325 e. The van der Waals surface area contributed by atoms with Gasteiger partial charge in [-0.05, 0) is 37.8 Å². The Morgan fingerprint density at radius 2 is 2.00 bits per heavy atom.